The second kappa shape index (κ2) is 6.87. The number of fused-ring (bicyclic) bond motifs is 2. The van der Waals surface area contributed by atoms with Crippen LogP contribution < -0.4 is 0 Å². The highest BCUT2D eigenvalue weighted by Crippen LogP contribution is 2.53. The Labute approximate surface area is 180 Å². The first kappa shape index (κ1) is 22.9. The molecule has 3 atom stereocenters. The summed E-state index contributed by atoms with van der Waals surface area (Å²) in [5, 5.41) is -0.228. The van der Waals surface area contributed by atoms with Crippen LogP contribution in [0.4, 0.5) is 0 Å². The molecule has 30 heavy (non-hydrogen) atoms. The number of hydrogen-bond acceptors (Lipinski definition) is 5. The Kier molecular flexibility index (Phi) is 5.24. The third kappa shape index (κ3) is 3.20. The van der Waals surface area contributed by atoms with E-state index in [9.17, 15) is 18.0 Å². The molecular formula is C22H31NO5SSi. The van der Waals surface area contributed by atoms with Crippen LogP contribution in [0.5, 0.6) is 0 Å². The van der Waals surface area contributed by atoms with E-state index in [0.29, 0.717) is 0 Å². The van der Waals surface area contributed by atoms with Gasteiger partial charge in [-0.05, 0) is 56.6 Å². The minimum Gasteiger partial charge on any atom is -0.399 e. The van der Waals surface area contributed by atoms with Gasteiger partial charge in [0.2, 0.25) is 0 Å². The summed E-state index contributed by atoms with van der Waals surface area (Å²) in [6, 6.07) is 5.69. The second-order valence-electron chi connectivity index (χ2n) is 10.2. The van der Waals surface area contributed by atoms with Crippen LogP contribution in [0.1, 0.15) is 39.7 Å². The standard InChI is InChI=1S/C22H31NO5SSi/c1-16-8-10-18(11-9-16)29(26,27)23-17-12-13-22(19(23)25,21(5,14-17)15-24)28-30(6,7)20(2,3)4/h8-13,15,17H,14H2,1-7H3/t17-,21-,22+/m1/s1. The molecule has 4 rings (SSSR count). The molecule has 1 aromatic rings. The quantitative estimate of drug-likeness (QED) is 0.388. The summed E-state index contributed by atoms with van der Waals surface area (Å²) >= 11 is 0. The molecule has 6 nitrogen and oxygen atoms in total. The molecule has 2 heterocycles. The highest BCUT2D eigenvalue weighted by atomic mass is 32.2. The number of sulfonamides is 1. The van der Waals surface area contributed by atoms with Crippen molar-refractivity contribution in [1.82, 2.24) is 4.31 Å². The molecule has 3 aliphatic rings. The van der Waals surface area contributed by atoms with Gasteiger partial charge in [0.05, 0.1) is 16.4 Å². The molecule has 1 amide bonds. The van der Waals surface area contributed by atoms with Crippen molar-refractivity contribution in [3.63, 3.8) is 0 Å². The van der Waals surface area contributed by atoms with Gasteiger partial charge in [0.25, 0.3) is 15.9 Å². The molecule has 0 unspecified atom stereocenters. The summed E-state index contributed by atoms with van der Waals surface area (Å²) < 4.78 is 34.4. The Bertz CT molecular complexity index is 1010. The minimum atomic E-state index is -4.09. The van der Waals surface area contributed by atoms with Gasteiger partial charge in [0.1, 0.15) is 6.29 Å². The van der Waals surface area contributed by atoms with Gasteiger partial charge in [-0.1, -0.05) is 44.5 Å². The zero-order valence-electron chi connectivity index (χ0n) is 18.7. The van der Waals surface area contributed by atoms with E-state index in [1.807, 2.05) is 40.8 Å². The van der Waals surface area contributed by atoms with Crippen LogP contribution in [-0.2, 0) is 24.0 Å². The lowest BCUT2D eigenvalue weighted by molar-refractivity contribution is -0.166. The Morgan fingerprint density at radius 2 is 1.77 bits per heavy atom. The Hall–Kier alpha value is -1.77. The Balaban J connectivity index is 2.15. The van der Waals surface area contributed by atoms with Crippen LogP contribution in [-0.4, -0.2) is 44.9 Å². The maximum absolute atomic E-state index is 13.8. The van der Waals surface area contributed by atoms with Gasteiger partial charge < -0.3 is 9.22 Å². The molecule has 2 bridgehead atoms. The summed E-state index contributed by atoms with van der Waals surface area (Å²) in [5.74, 6) is -0.679. The molecule has 0 spiro atoms. The van der Waals surface area contributed by atoms with E-state index in [1.54, 1.807) is 31.2 Å². The van der Waals surface area contributed by atoms with Crippen LogP contribution in [0.2, 0.25) is 18.1 Å². The predicted molar refractivity (Wildman–Crippen MR) is 118 cm³/mol. The maximum Gasteiger partial charge on any atom is 0.273 e. The average molecular weight is 450 g/mol. The molecule has 2 aliphatic heterocycles. The van der Waals surface area contributed by atoms with Crippen molar-refractivity contribution >= 4 is 30.5 Å². The van der Waals surface area contributed by atoms with E-state index in [4.69, 9.17) is 4.43 Å². The van der Waals surface area contributed by atoms with Crippen LogP contribution in [0.3, 0.4) is 0 Å². The van der Waals surface area contributed by atoms with Crippen molar-refractivity contribution in [3.8, 4) is 0 Å². The lowest BCUT2D eigenvalue weighted by atomic mass is 9.63. The van der Waals surface area contributed by atoms with Gasteiger partial charge in [0.15, 0.2) is 13.9 Å². The first-order chi connectivity index (χ1) is 13.6. The summed E-state index contributed by atoms with van der Waals surface area (Å²) in [4.78, 5) is 26.1. The third-order valence-electron chi connectivity index (χ3n) is 6.91. The van der Waals surface area contributed by atoms with Crippen LogP contribution in [0, 0.1) is 12.3 Å². The summed E-state index contributed by atoms with van der Waals surface area (Å²) in [6.07, 6.45) is 4.27. The van der Waals surface area contributed by atoms with E-state index >= 15 is 0 Å². The molecule has 1 aliphatic carbocycles. The van der Waals surface area contributed by atoms with Crippen molar-refractivity contribution in [3.05, 3.63) is 42.0 Å². The van der Waals surface area contributed by atoms with E-state index in [1.165, 1.54) is 12.1 Å². The SMILES string of the molecule is Cc1ccc(S(=O)(=O)N2C(=O)[C@@]3(O[Si](C)(C)C(C)(C)C)C=C[C@@H]2C[C@]3(C)C=O)cc1. The molecule has 1 aromatic carbocycles. The fraction of sp³-hybridized carbons (Fsp3) is 0.545. The van der Waals surface area contributed by atoms with Crippen molar-refractivity contribution in [1.29, 1.82) is 0 Å². The molecule has 1 fully saturated rings. The Morgan fingerprint density at radius 1 is 1.20 bits per heavy atom. The van der Waals surface area contributed by atoms with E-state index in [-0.39, 0.29) is 16.4 Å². The molecule has 1 saturated heterocycles. The minimum absolute atomic E-state index is 0.0534. The average Bonchev–Trinajstić information content (AvgIpc) is 2.62. The van der Waals surface area contributed by atoms with Crippen LogP contribution >= 0.6 is 0 Å². The topological polar surface area (TPSA) is 80.8 Å². The number of nitrogens with zero attached hydrogens (tertiary/aromatic N) is 1. The van der Waals surface area contributed by atoms with E-state index in [0.717, 1.165) is 16.2 Å². The van der Waals surface area contributed by atoms with Crippen LogP contribution in [0.25, 0.3) is 0 Å². The molecule has 164 valence electrons. The molecular weight excluding hydrogens is 418 g/mol. The summed E-state index contributed by atoms with van der Waals surface area (Å²) in [6.45, 7) is 13.7. The first-order valence-corrected chi connectivity index (χ1v) is 14.5. The highest BCUT2D eigenvalue weighted by molar-refractivity contribution is 7.89. The second-order valence-corrected chi connectivity index (χ2v) is 16.7. The number of carbonyl (C=O) groups excluding carboxylic acids is 2. The lowest BCUT2D eigenvalue weighted by Crippen LogP contribution is -2.72. The molecule has 0 radical (unpaired) electrons. The van der Waals surface area contributed by atoms with Gasteiger partial charge in [-0.25, -0.2) is 12.7 Å². The van der Waals surface area contributed by atoms with Gasteiger partial charge in [-0.2, -0.15) is 0 Å². The van der Waals surface area contributed by atoms with Gasteiger partial charge >= 0.3 is 0 Å². The number of carbonyl (C=O) groups is 2. The van der Waals surface area contributed by atoms with Crippen molar-refractivity contribution in [2.24, 2.45) is 5.41 Å². The van der Waals surface area contributed by atoms with Crippen molar-refractivity contribution in [2.75, 3.05) is 0 Å². The molecule has 0 aromatic heterocycles. The highest BCUT2D eigenvalue weighted by Gasteiger charge is 2.66. The number of hydrogen-bond donors (Lipinski definition) is 0. The van der Waals surface area contributed by atoms with Gasteiger partial charge in [0, 0.05) is 0 Å². The number of piperidine rings is 1. The van der Waals surface area contributed by atoms with E-state index < -0.39 is 41.3 Å². The normalized spacial score (nSPS) is 29.4. The predicted octanol–water partition coefficient (Wildman–Crippen LogP) is 3.82. The van der Waals surface area contributed by atoms with Gasteiger partial charge in [-0.15, -0.1) is 0 Å². The largest absolute Gasteiger partial charge is 0.399 e. The summed E-state index contributed by atoms with van der Waals surface area (Å²) in [5.41, 5.74) is -1.85. The molecule has 0 saturated carbocycles. The number of rotatable bonds is 5. The number of aldehydes is 1. The number of aryl methyl sites for hydroxylation is 1. The maximum atomic E-state index is 13.8. The zero-order chi connectivity index (χ0) is 22.8. The number of benzene rings is 1. The lowest BCUT2D eigenvalue weighted by Gasteiger charge is -2.57. The van der Waals surface area contributed by atoms with Crippen molar-refractivity contribution in [2.45, 2.75) is 75.7 Å². The van der Waals surface area contributed by atoms with Crippen LogP contribution in [0.15, 0.2) is 41.3 Å². The molecule has 8 heteroatoms. The van der Waals surface area contributed by atoms with E-state index in [2.05, 4.69) is 0 Å². The monoisotopic (exact) mass is 449 g/mol. The van der Waals surface area contributed by atoms with Gasteiger partial charge in [-0.3, -0.25) is 4.79 Å². The Morgan fingerprint density at radius 3 is 2.27 bits per heavy atom. The smallest absolute Gasteiger partial charge is 0.273 e. The fourth-order valence-electron chi connectivity index (χ4n) is 3.88. The van der Waals surface area contributed by atoms with Crippen molar-refractivity contribution < 1.29 is 22.4 Å². The summed E-state index contributed by atoms with van der Waals surface area (Å²) in [7, 11) is -6.63. The number of amides is 1. The molecule has 0 N–H and O–H groups in total. The fourth-order valence-corrected chi connectivity index (χ4v) is 6.94. The third-order valence-corrected chi connectivity index (χ3v) is 13.2. The zero-order valence-corrected chi connectivity index (χ0v) is 20.5. The first-order valence-electron chi connectivity index (χ1n) is 10.1.